The molecule has 0 aliphatic carbocycles. The molecule has 0 amide bonds. The standard InChI is InChI=1S/C11H19N3O/c1-4-6-13-11(8-15-3)10-5-7-12-9(2)14-10/h5,7,11,13H,4,6,8H2,1-3H3. The van der Waals surface area contributed by atoms with Crippen molar-refractivity contribution in [3.05, 3.63) is 23.8 Å². The molecule has 1 N–H and O–H groups in total. The number of hydrogen-bond donors (Lipinski definition) is 1. The molecule has 0 aliphatic heterocycles. The van der Waals surface area contributed by atoms with E-state index in [2.05, 4.69) is 22.2 Å². The Balaban J connectivity index is 2.69. The van der Waals surface area contributed by atoms with Gasteiger partial charge in [0.05, 0.1) is 18.3 Å². The first kappa shape index (κ1) is 12.1. The van der Waals surface area contributed by atoms with Gasteiger partial charge in [-0.15, -0.1) is 0 Å². The quantitative estimate of drug-likeness (QED) is 0.770. The highest BCUT2D eigenvalue weighted by Gasteiger charge is 2.11. The van der Waals surface area contributed by atoms with Crippen LogP contribution < -0.4 is 5.32 Å². The maximum atomic E-state index is 5.17. The summed E-state index contributed by atoms with van der Waals surface area (Å²) in [6, 6.07) is 2.09. The molecule has 0 fully saturated rings. The van der Waals surface area contributed by atoms with Crippen LogP contribution in [0, 0.1) is 6.92 Å². The Bertz CT molecular complexity index is 291. The van der Waals surface area contributed by atoms with Gasteiger partial charge in [0.25, 0.3) is 0 Å². The van der Waals surface area contributed by atoms with Crippen LogP contribution in [0.4, 0.5) is 0 Å². The van der Waals surface area contributed by atoms with Gasteiger partial charge >= 0.3 is 0 Å². The Morgan fingerprint density at radius 1 is 1.53 bits per heavy atom. The summed E-state index contributed by atoms with van der Waals surface area (Å²) in [6.45, 7) is 5.64. The number of nitrogens with zero attached hydrogens (tertiary/aromatic N) is 2. The van der Waals surface area contributed by atoms with Crippen molar-refractivity contribution in [3.8, 4) is 0 Å². The fourth-order valence-corrected chi connectivity index (χ4v) is 1.40. The van der Waals surface area contributed by atoms with Crippen molar-refractivity contribution in [1.29, 1.82) is 0 Å². The lowest BCUT2D eigenvalue weighted by Crippen LogP contribution is -2.27. The predicted molar refractivity (Wildman–Crippen MR) is 59.7 cm³/mol. The first-order valence-electron chi connectivity index (χ1n) is 5.29. The average Bonchev–Trinajstić information content (AvgIpc) is 2.24. The molecule has 15 heavy (non-hydrogen) atoms. The van der Waals surface area contributed by atoms with Crippen LogP contribution >= 0.6 is 0 Å². The molecule has 1 heterocycles. The van der Waals surface area contributed by atoms with Crippen molar-refractivity contribution in [1.82, 2.24) is 15.3 Å². The summed E-state index contributed by atoms with van der Waals surface area (Å²) in [4.78, 5) is 8.47. The molecule has 0 saturated heterocycles. The summed E-state index contributed by atoms with van der Waals surface area (Å²) < 4.78 is 5.17. The molecule has 0 spiro atoms. The Hall–Kier alpha value is -1.00. The molecule has 0 bridgehead atoms. The lowest BCUT2D eigenvalue weighted by molar-refractivity contribution is 0.165. The zero-order chi connectivity index (χ0) is 11.1. The third-order valence-corrected chi connectivity index (χ3v) is 2.13. The van der Waals surface area contributed by atoms with Crippen molar-refractivity contribution in [3.63, 3.8) is 0 Å². The Morgan fingerprint density at radius 2 is 2.33 bits per heavy atom. The van der Waals surface area contributed by atoms with Crippen LogP contribution in [0.25, 0.3) is 0 Å². The maximum absolute atomic E-state index is 5.17. The summed E-state index contributed by atoms with van der Waals surface area (Å²) in [7, 11) is 1.70. The number of aryl methyl sites for hydroxylation is 1. The van der Waals surface area contributed by atoms with E-state index < -0.39 is 0 Å². The molecule has 0 aliphatic rings. The zero-order valence-electron chi connectivity index (χ0n) is 9.66. The molecule has 84 valence electrons. The SMILES string of the molecule is CCCNC(COC)c1ccnc(C)n1. The van der Waals surface area contributed by atoms with E-state index in [1.807, 2.05) is 13.0 Å². The van der Waals surface area contributed by atoms with Crippen molar-refractivity contribution in [2.75, 3.05) is 20.3 Å². The van der Waals surface area contributed by atoms with Crippen LogP contribution in [0.5, 0.6) is 0 Å². The molecule has 1 unspecified atom stereocenters. The van der Waals surface area contributed by atoms with E-state index in [1.165, 1.54) is 0 Å². The van der Waals surface area contributed by atoms with E-state index >= 15 is 0 Å². The van der Waals surface area contributed by atoms with Crippen LogP contribution in [-0.2, 0) is 4.74 Å². The normalized spacial score (nSPS) is 12.7. The van der Waals surface area contributed by atoms with E-state index in [-0.39, 0.29) is 6.04 Å². The van der Waals surface area contributed by atoms with Gasteiger partial charge in [-0.25, -0.2) is 9.97 Å². The van der Waals surface area contributed by atoms with Gasteiger partial charge < -0.3 is 10.1 Å². The zero-order valence-corrected chi connectivity index (χ0v) is 9.66. The van der Waals surface area contributed by atoms with Gasteiger partial charge in [-0.3, -0.25) is 0 Å². The van der Waals surface area contributed by atoms with Crippen LogP contribution in [0.2, 0.25) is 0 Å². The van der Waals surface area contributed by atoms with Gasteiger partial charge in [-0.05, 0) is 26.0 Å². The second kappa shape index (κ2) is 6.48. The number of aromatic nitrogens is 2. The van der Waals surface area contributed by atoms with Crippen LogP contribution in [-0.4, -0.2) is 30.2 Å². The van der Waals surface area contributed by atoms with Gasteiger partial charge in [-0.1, -0.05) is 6.92 Å². The summed E-state index contributed by atoms with van der Waals surface area (Å²) in [6.07, 6.45) is 2.89. The highest BCUT2D eigenvalue weighted by molar-refractivity contribution is 5.07. The molecular formula is C11H19N3O. The van der Waals surface area contributed by atoms with E-state index in [0.29, 0.717) is 6.61 Å². The topological polar surface area (TPSA) is 47.0 Å². The fraction of sp³-hybridized carbons (Fsp3) is 0.636. The molecule has 1 atom stereocenters. The van der Waals surface area contributed by atoms with E-state index in [4.69, 9.17) is 4.74 Å². The average molecular weight is 209 g/mol. The second-order valence-corrected chi connectivity index (χ2v) is 3.49. The first-order valence-corrected chi connectivity index (χ1v) is 5.29. The summed E-state index contributed by atoms with van der Waals surface area (Å²) in [5.41, 5.74) is 0.998. The lowest BCUT2D eigenvalue weighted by Gasteiger charge is -2.16. The van der Waals surface area contributed by atoms with Gasteiger partial charge in [0.15, 0.2) is 0 Å². The minimum atomic E-state index is 0.164. The molecule has 0 aromatic carbocycles. The Labute approximate surface area is 91.1 Å². The van der Waals surface area contributed by atoms with Gasteiger partial charge in [0.2, 0.25) is 0 Å². The summed E-state index contributed by atoms with van der Waals surface area (Å²) in [5, 5.41) is 3.40. The van der Waals surface area contributed by atoms with Gasteiger partial charge in [-0.2, -0.15) is 0 Å². The largest absolute Gasteiger partial charge is 0.383 e. The minimum absolute atomic E-state index is 0.164. The number of hydrogen-bond acceptors (Lipinski definition) is 4. The summed E-state index contributed by atoms with van der Waals surface area (Å²) in [5.74, 6) is 0.798. The number of methoxy groups -OCH3 is 1. The van der Waals surface area contributed by atoms with E-state index in [0.717, 1.165) is 24.5 Å². The molecule has 4 nitrogen and oxygen atoms in total. The van der Waals surface area contributed by atoms with Crippen LogP contribution in [0.1, 0.15) is 30.9 Å². The lowest BCUT2D eigenvalue weighted by atomic mass is 10.2. The molecule has 1 aromatic heterocycles. The number of rotatable bonds is 6. The predicted octanol–water partition coefficient (Wildman–Crippen LogP) is 1.47. The highest BCUT2D eigenvalue weighted by Crippen LogP contribution is 2.09. The van der Waals surface area contributed by atoms with Crippen molar-refractivity contribution >= 4 is 0 Å². The Kier molecular flexibility index (Phi) is 5.21. The van der Waals surface area contributed by atoms with E-state index in [9.17, 15) is 0 Å². The summed E-state index contributed by atoms with van der Waals surface area (Å²) >= 11 is 0. The van der Waals surface area contributed by atoms with Gasteiger partial charge in [0.1, 0.15) is 5.82 Å². The van der Waals surface area contributed by atoms with Crippen LogP contribution in [0.3, 0.4) is 0 Å². The van der Waals surface area contributed by atoms with Crippen molar-refractivity contribution < 1.29 is 4.74 Å². The molecule has 4 heteroatoms. The monoisotopic (exact) mass is 209 g/mol. The first-order chi connectivity index (χ1) is 7.27. The maximum Gasteiger partial charge on any atom is 0.125 e. The third-order valence-electron chi connectivity index (χ3n) is 2.13. The van der Waals surface area contributed by atoms with Crippen molar-refractivity contribution in [2.45, 2.75) is 26.3 Å². The molecular weight excluding hydrogens is 190 g/mol. The Morgan fingerprint density at radius 3 is 2.93 bits per heavy atom. The van der Waals surface area contributed by atoms with Crippen LogP contribution in [0.15, 0.2) is 12.3 Å². The molecule has 1 aromatic rings. The number of nitrogens with one attached hydrogen (secondary N) is 1. The van der Waals surface area contributed by atoms with Gasteiger partial charge in [0, 0.05) is 13.3 Å². The van der Waals surface area contributed by atoms with E-state index in [1.54, 1.807) is 13.3 Å². The fourth-order valence-electron chi connectivity index (χ4n) is 1.40. The number of ether oxygens (including phenoxy) is 1. The third kappa shape index (κ3) is 3.93. The van der Waals surface area contributed by atoms with Crippen molar-refractivity contribution in [2.24, 2.45) is 0 Å². The molecule has 0 saturated carbocycles. The molecule has 0 radical (unpaired) electrons. The minimum Gasteiger partial charge on any atom is -0.383 e. The molecule has 1 rings (SSSR count). The second-order valence-electron chi connectivity index (χ2n) is 3.49. The highest BCUT2D eigenvalue weighted by atomic mass is 16.5. The smallest absolute Gasteiger partial charge is 0.125 e.